The third kappa shape index (κ3) is 4.05. The number of carbonyl (C=O) groups excluding carboxylic acids is 1. The summed E-state index contributed by atoms with van der Waals surface area (Å²) in [5.74, 6) is 1.15. The minimum atomic E-state index is -0.0787. The lowest BCUT2D eigenvalue weighted by Gasteiger charge is -2.38. The highest BCUT2D eigenvalue weighted by molar-refractivity contribution is 9.10. The van der Waals surface area contributed by atoms with E-state index < -0.39 is 0 Å². The molecule has 146 valence electrons. The first kappa shape index (κ1) is 21.5. The molecule has 1 aliphatic heterocycles. The van der Waals surface area contributed by atoms with Gasteiger partial charge in [-0.15, -0.1) is 12.4 Å². The molecule has 1 aliphatic rings. The van der Waals surface area contributed by atoms with Crippen LogP contribution in [0.4, 0.5) is 5.69 Å². The fraction of sp³-hybridized carbons (Fsp3) is 0.368. The molecule has 0 bridgehead atoms. The molecule has 1 atom stereocenters. The van der Waals surface area contributed by atoms with Crippen molar-refractivity contribution < 1.29 is 14.3 Å². The van der Waals surface area contributed by atoms with Crippen molar-refractivity contribution in [1.29, 1.82) is 0 Å². The molecule has 0 fully saturated rings. The van der Waals surface area contributed by atoms with Gasteiger partial charge in [0.1, 0.15) is 0 Å². The van der Waals surface area contributed by atoms with Crippen molar-refractivity contribution in [1.82, 2.24) is 9.88 Å². The number of halogens is 2. The molecule has 2 aromatic rings. The van der Waals surface area contributed by atoms with Crippen molar-refractivity contribution in [2.75, 3.05) is 39.8 Å². The summed E-state index contributed by atoms with van der Waals surface area (Å²) in [6.07, 6.45) is 4.06. The van der Waals surface area contributed by atoms with Crippen molar-refractivity contribution >= 4 is 39.9 Å². The Labute approximate surface area is 174 Å². The molecule has 1 unspecified atom stereocenters. The molecule has 6 nitrogen and oxygen atoms in total. The van der Waals surface area contributed by atoms with Crippen molar-refractivity contribution in [2.24, 2.45) is 0 Å². The Morgan fingerprint density at radius 2 is 2.07 bits per heavy atom. The summed E-state index contributed by atoms with van der Waals surface area (Å²) in [5.41, 5.74) is 2.43. The van der Waals surface area contributed by atoms with Gasteiger partial charge in [-0.1, -0.05) is 0 Å². The van der Waals surface area contributed by atoms with Crippen molar-refractivity contribution in [2.45, 2.75) is 12.5 Å². The van der Waals surface area contributed by atoms with E-state index in [9.17, 15) is 4.79 Å². The zero-order valence-electron chi connectivity index (χ0n) is 15.7. The zero-order chi connectivity index (χ0) is 18.8. The maximum Gasteiger partial charge on any atom is 0.259 e. The number of fused-ring (bicyclic) bond motifs is 1. The van der Waals surface area contributed by atoms with E-state index in [1.165, 1.54) is 0 Å². The van der Waals surface area contributed by atoms with Gasteiger partial charge in [-0.3, -0.25) is 9.78 Å². The summed E-state index contributed by atoms with van der Waals surface area (Å²) in [5, 5.41) is 0. The number of hydrogen-bond donors (Lipinski definition) is 0. The van der Waals surface area contributed by atoms with E-state index in [1.54, 1.807) is 43.6 Å². The van der Waals surface area contributed by atoms with Crippen molar-refractivity contribution in [3.8, 4) is 11.5 Å². The molecule has 0 saturated heterocycles. The summed E-state index contributed by atoms with van der Waals surface area (Å²) in [7, 11) is 7.25. The molecule has 0 spiro atoms. The lowest BCUT2D eigenvalue weighted by molar-refractivity contribution is 0.0975. The Bertz CT molecular complexity index is 818. The minimum Gasteiger partial charge on any atom is -0.493 e. The van der Waals surface area contributed by atoms with Crippen LogP contribution in [0.25, 0.3) is 0 Å². The molecule has 0 aliphatic carbocycles. The minimum absolute atomic E-state index is 0. The van der Waals surface area contributed by atoms with Gasteiger partial charge >= 0.3 is 0 Å². The molecular weight excluding hydrogens is 434 g/mol. The van der Waals surface area contributed by atoms with Crippen LogP contribution >= 0.6 is 28.3 Å². The van der Waals surface area contributed by atoms with Crippen LogP contribution in [-0.4, -0.2) is 56.7 Å². The summed E-state index contributed by atoms with van der Waals surface area (Å²) in [6.45, 7) is 0.593. The normalized spacial score (nSPS) is 15.8. The highest BCUT2D eigenvalue weighted by Crippen LogP contribution is 2.45. The Balaban J connectivity index is 0.00000261. The number of amides is 1. The van der Waals surface area contributed by atoms with Gasteiger partial charge in [0.2, 0.25) is 0 Å². The Hall–Kier alpha value is -1.83. The number of nitrogens with zero attached hydrogens (tertiary/aromatic N) is 3. The maximum atomic E-state index is 13.2. The highest BCUT2D eigenvalue weighted by atomic mass is 79.9. The van der Waals surface area contributed by atoms with E-state index in [-0.39, 0.29) is 24.4 Å². The van der Waals surface area contributed by atoms with E-state index in [0.29, 0.717) is 23.6 Å². The van der Waals surface area contributed by atoms with Crippen LogP contribution < -0.4 is 14.4 Å². The first-order chi connectivity index (χ1) is 12.5. The maximum absolute atomic E-state index is 13.2. The predicted molar refractivity (Wildman–Crippen MR) is 112 cm³/mol. The number of ether oxygens (including phenoxy) is 2. The van der Waals surface area contributed by atoms with Gasteiger partial charge in [0.25, 0.3) is 5.91 Å². The Kier molecular flexibility index (Phi) is 7.08. The van der Waals surface area contributed by atoms with Gasteiger partial charge in [-0.05, 0) is 54.1 Å². The van der Waals surface area contributed by atoms with E-state index in [2.05, 4.69) is 25.8 Å². The highest BCUT2D eigenvalue weighted by Gasteiger charge is 2.33. The molecular formula is C19H23BrClN3O3. The fourth-order valence-electron chi connectivity index (χ4n) is 3.20. The molecule has 8 heteroatoms. The average Bonchev–Trinajstić information content (AvgIpc) is 2.67. The van der Waals surface area contributed by atoms with E-state index in [0.717, 1.165) is 22.1 Å². The topological polar surface area (TPSA) is 54.9 Å². The number of rotatable bonds is 4. The molecule has 1 amide bonds. The zero-order valence-corrected chi connectivity index (χ0v) is 18.1. The number of benzene rings is 1. The lowest BCUT2D eigenvalue weighted by atomic mass is 9.95. The number of pyridine rings is 1. The Morgan fingerprint density at radius 1 is 1.33 bits per heavy atom. The molecule has 0 saturated carbocycles. The summed E-state index contributed by atoms with van der Waals surface area (Å²) < 4.78 is 11.8. The second-order valence-electron chi connectivity index (χ2n) is 6.40. The molecule has 0 radical (unpaired) electrons. The standard InChI is InChI=1S/C19H22BrN3O3.ClH/c1-22(2)13-8-14-15(9-16(25-3)18(26-4)17(14)20)23(11-13)19(24)12-6-5-7-21-10-12;/h5-7,9-10,13H,8,11H2,1-4H3;1H. The monoisotopic (exact) mass is 455 g/mol. The summed E-state index contributed by atoms with van der Waals surface area (Å²) in [4.78, 5) is 21.2. The summed E-state index contributed by atoms with van der Waals surface area (Å²) >= 11 is 3.65. The van der Waals surface area contributed by atoms with Crippen LogP contribution in [-0.2, 0) is 6.42 Å². The van der Waals surface area contributed by atoms with Crippen molar-refractivity contribution in [3.63, 3.8) is 0 Å². The third-order valence-electron chi connectivity index (χ3n) is 4.70. The second kappa shape index (κ2) is 8.91. The molecule has 1 aromatic heterocycles. The van der Waals surface area contributed by atoms with Gasteiger partial charge < -0.3 is 19.3 Å². The van der Waals surface area contributed by atoms with Crippen molar-refractivity contribution in [3.05, 3.63) is 46.2 Å². The first-order valence-corrected chi connectivity index (χ1v) is 9.08. The van der Waals surface area contributed by atoms with Crippen LogP contribution in [0.1, 0.15) is 15.9 Å². The summed E-state index contributed by atoms with van der Waals surface area (Å²) in [6, 6.07) is 5.62. The number of methoxy groups -OCH3 is 2. The molecule has 1 aromatic carbocycles. The van der Waals surface area contributed by atoms with Gasteiger partial charge in [0.15, 0.2) is 11.5 Å². The first-order valence-electron chi connectivity index (χ1n) is 8.29. The average molecular weight is 457 g/mol. The van der Waals surface area contributed by atoms with Crippen LogP contribution in [0, 0.1) is 0 Å². The van der Waals surface area contributed by atoms with Crippen LogP contribution in [0.15, 0.2) is 35.1 Å². The largest absolute Gasteiger partial charge is 0.493 e. The third-order valence-corrected chi connectivity index (χ3v) is 5.54. The van der Waals surface area contributed by atoms with E-state index in [4.69, 9.17) is 9.47 Å². The van der Waals surface area contributed by atoms with Gasteiger partial charge in [0.05, 0.1) is 29.9 Å². The smallest absolute Gasteiger partial charge is 0.259 e. The number of anilines is 1. The number of carbonyl (C=O) groups is 1. The molecule has 3 rings (SSSR count). The quantitative estimate of drug-likeness (QED) is 0.706. The van der Waals surface area contributed by atoms with Crippen LogP contribution in [0.5, 0.6) is 11.5 Å². The molecule has 2 heterocycles. The number of hydrogen-bond acceptors (Lipinski definition) is 5. The second-order valence-corrected chi connectivity index (χ2v) is 7.20. The SMILES string of the molecule is COc1cc2c(c(Br)c1OC)CC(N(C)C)CN2C(=O)c1cccnc1.Cl. The fourth-order valence-corrected chi connectivity index (χ4v) is 3.93. The number of aromatic nitrogens is 1. The number of likely N-dealkylation sites (N-methyl/N-ethyl adjacent to an activating group) is 1. The van der Waals surface area contributed by atoms with Crippen LogP contribution in [0.3, 0.4) is 0 Å². The van der Waals surface area contributed by atoms with Crippen LogP contribution in [0.2, 0.25) is 0 Å². The van der Waals surface area contributed by atoms with E-state index in [1.807, 2.05) is 20.2 Å². The predicted octanol–water partition coefficient (Wildman–Crippen LogP) is 3.42. The van der Waals surface area contributed by atoms with Gasteiger partial charge in [0, 0.05) is 31.0 Å². The van der Waals surface area contributed by atoms with Gasteiger partial charge in [-0.2, -0.15) is 0 Å². The molecule has 0 N–H and O–H groups in total. The van der Waals surface area contributed by atoms with E-state index >= 15 is 0 Å². The Morgan fingerprint density at radius 3 is 2.63 bits per heavy atom. The molecule has 27 heavy (non-hydrogen) atoms. The van der Waals surface area contributed by atoms with Gasteiger partial charge in [-0.25, -0.2) is 0 Å². The lowest BCUT2D eigenvalue weighted by Crippen LogP contribution is -2.48.